The summed E-state index contributed by atoms with van der Waals surface area (Å²) in [6.07, 6.45) is 1.39. The Morgan fingerprint density at radius 3 is 2.88 bits per heavy atom. The smallest absolute Gasteiger partial charge is 0.137 e. The minimum Gasteiger partial charge on any atom is -0.378 e. The van der Waals surface area contributed by atoms with E-state index < -0.39 is 0 Å². The van der Waals surface area contributed by atoms with Crippen LogP contribution in [0.25, 0.3) is 0 Å². The maximum atomic E-state index is 10.6. The average Bonchev–Trinajstić information content (AvgIpc) is 1.64. The highest BCUT2D eigenvalue weighted by atomic mass is 16.5. The van der Waals surface area contributed by atoms with E-state index >= 15 is 0 Å². The summed E-state index contributed by atoms with van der Waals surface area (Å²) >= 11 is 0. The molecule has 2 heteroatoms. The van der Waals surface area contributed by atoms with Crippen LogP contribution in [-0.2, 0) is 9.53 Å². The molecule has 0 bridgehead atoms. The van der Waals surface area contributed by atoms with Crippen molar-refractivity contribution in [1.82, 2.24) is 0 Å². The van der Waals surface area contributed by atoms with Gasteiger partial charge in [0.15, 0.2) is 0 Å². The molecule has 1 fully saturated rings. The van der Waals surface area contributed by atoms with E-state index in [1.165, 1.54) is 0 Å². The highest BCUT2D eigenvalue weighted by molar-refractivity contribution is 5.79. The van der Waals surface area contributed by atoms with Crippen LogP contribution in [0.1, 0.15) is 19.8 Å². The molecule has 0 spiro atoms. The zero-order valence-electron chi connectivity index (χ0n) is 5.02. The quantitative estimate of drug-likeness (QED) is 0.464. The molecule has 8 heavy (non-hydrogen) atoms. The van der Waals surface area contributed by atoms with E-state index in [1.54, 1.807) is 0 Å². The van der Waals surface area contributed by atoms with Gasteiger partial charge in [0.25, 0.3) is 0 Å². The lowest BCUT2D eigenvalue weighted by Crippen LogP contribution is -2.22. The molecule has 0 amide bonds. The van der Waals surface area contributed by atoms with Gasteiger partial charge >= 0.3 is 0 Å². The van der Waals surface area contributed by atoms with Gasteiger partial charge in [0, 0.05) is 12.8 Å². The molecule has 1 heterocycles. The maximum absolute atomic E-state index is 10.6. The zero-order chi connectivity index (χ0) is 5.98. The number of carbonyl (C=O) groups excluding carboxylic acids is 1. The van der Waals surface area contributed by atoms with Crippen molar-refractivity contribution < 1.29 is 9.53 Å². The summed E-state index contributed by atoms with van der Waals surface area (Å²) in [6, 6.07) is 0. The van der Waals surface area contributed by atoms with Crippen molar-refractivity contribution in [2.45, 2.75) is 25.9 Å². The number of carbonyl (C=O) groups is 1. The summed E-state index contributed by atoms with van der Waals surface area (Å²) in [6.45, 7) is 2.55. The van der Waals surface area contributed by atoms with Gasteiger partial charge in [-0.25, -0.2) is 0 Å². The third-order valence-electron chi connectivity index (χ3n) is 1.30. The minimum absolute atomic E-state index is 0.163. The van der Waals surface area contributed by atoms with Crippen LogP contribution in [0.2, 0.25) is 0 Å². The van der Waals surface area contributed by atoms with Crippen LogP contribution in [0.3, 0.4) is 0 Å². The largest absolute Gasteiger partial charge is 0.378 e. The molecule has 1 rings (SSSR count). The summed E-state index contributed by atoms with van der Waals surface area (Å²) in [5, 5.41) is 0. The summed E-state index contributed by atoms with van der Waals surface area (Å²) in [4.78, 5) is 10.6. The fraction of sp³-hybridized carbons (Fsp3) is 0.833. The molecule has 46 valence electrons. The molecule has 1 aliphatic heterocycles. The average molecular weight is 114 g/mol. The van der Waals surface area contributed by atoms with Crippen LogP contribution >= 0.6 is 0 Å². The van der Waals surface area contributed by atoms with Gasteiger partial charge in [0.2, 0.25) is 0 Å². The van der Waals surface area contributed by atoms with Gasteiger partial charge in [-0.2, -0.15) is 0 Å². The van der Waals surface area contributed by atoms with E-state index in [2.05, 4.69) is 0 Å². The molecule has 0 N–H and O–H groups in total. The monoisotopic (exact) mass is 114 g/mol. The van der Waals surface area contributed by atoms with Crippen molar-refractivity contribution in [3.05, 3.63) is 0 Å². The van der Waals surface area contributed by atoms with E-state index in [9.17, 15) is 4.79 Å². The third-order valence-corrected chi connectivity index (χ3v) is 1.30. The number of rotatable bonds is 0. The highest BCUT2D eigenvalue weighted by Crippen LogP contribution is 2.07. The molecule has 0 aliphatic carbocycles. The number of ketones is 1. The minimum atomic E-state index is 0.163. The molecule has 1 atom stereocenters. The number of ether oxygens (including phenoxy) is 1. The first-order chi connectivity index (χ1) is 3.79. The zero-order valence-corrected chi connectivity index (χ0v) is 5.02. The second kappa shape index (κ2) is 2.27. The first kappa shape index (κ1) is 5.76. The van der Waals surface area contributed by atoms with E-state index in [1.807, 2.05) is 6.92 Å². The molecular weight excluding hydrogens is 104 g/mol. The number of Topliss-reactive ketones (excluding diaryl/α,β-unsaturated/α-hetero) is 1. The van der Waals surface area contributed by atoms with Gasteiger partial charge in [0.05, 0.1) is 12.7 Å². The SMILES string of the molecule is C[C@@H]1CC(=O)CCO1. The van der Waals surface area contributed by atoms with E-state index in [0.29, 0.717) is 25.2 Å². The highest BCUT2D eigenvalue weighted by Gasteiger charge is 2.14. The van der Waals surface area contributed by atoms with Gasteiger partial charge in [-0.05, 0) is 6.92 Å². The predicted octanol–water partition coefficient (Wildman–Crippen LogP) is 0.754. The summed E-state index contributed by atoms with van der Waals surface area (Å²) in [5.74, 6) is 0.337. The summed E-state index contributed by atoms with van der Waals surface area (Å²) < 4.78 is 5.13. The van der Waals surface area contributed by atoms with Crippen LogP contribution in [0.4, 0.5) is 0 Å². The lowest BCUT2D eigenvalue weighted by atomic mass is 10.1. The van der Waals surface area contributed by atoms with Crippen LogP contribution in [0, 0.1) is 0 Å². The van der Waals surface area contributed by atoms with Gasteiger partial charge < -0.3 is 4.74 Å². The van der Waals surface area contributed by atoms with Crippen LogP contribution in [0.15, 0.2) is 0 Å². The molecule has 0 aromatic heterocycles. The van der Waals surface area contributed by atoms with Crippen LogP contribution < -0.4 is 0 Å². The van der Waals surface area contributed by atoms with Crippen molar-refractivity contribution in [3.63, 3.8) is 0 Å². The molecule has 0 aromatic rings. The van der Waals surface area contributed by atoms with Gasteiger partial charge in [0.1, 0.15) is 5.78 Å². The number of hydrogen-bond donors (Lipinski definition) is 0. The molecule has 0 radical (unpaired) electrons. The van der Waals surface area contributed by atoms with Gasteiger partial charge in [-0.3, -0.25) is 4.79 Å². The molecule has 0 saturated carbocycles. The Labute approximate surface area is 48.8 Å². The van der Waals surface area contributed by atoms with E-state index in [-0.39, 0.29) is 6.10 Å². The second-order valence-electron chi connectivity index (χ2n) is 2.17. The van der Waals surface area contributed by atoms with Crippen molar-refractivity contribution in [1.29, 1.82) is 0 Å². The van der Waals surface area contributed by atoms with E-state index in [0.717, 1.165) is 0 Å². The molecule has 2 nitrogen and oxygen atoms in total. The number of hydrogen-bond acceptors (Lipinski definition) is 2. The molecule has 1 aliphatic rings. The lowest BCUT2D eigenvalue weighted by molar-refractivity contribution is -0.127. The van der Waals surface area contributed by atoms with Crippen molar-refractivity contribution in [3.8, 4) is 0 Å². The van der Waals surface area contributed by atoms with Crippen LogP contribution in [-0.4, -0.2) is 18.5 Å². The van der Waals surface area contributed by atoms with Crippen molar-refractivity contribution in [2.75, 3.05) is 6.61 Å². The third kappa shape index (κ3) is 1.30. The van der Waals surface area contributed by atoms with E-state index in [4.69, 9.17) is 4.74 Å². The van der Waals surface area contributed by atoms with Crippen molar-refractivity contribution >= 4 is 5.78 Å². The molecule has 0 unspecified atom stereocenters. The summed E-state index contributed by atoms with van der Waals surface area (Å²) in [5.41, 5.74) is 0. The maximum Gasteiger partial charge on any atom is 0.137 e. The van der Waals surface area contributed by atoms with Gasteiger partial charge in [-0.15, -0.1) is 0 Å². The molecule has 1 saturated heterocycles. The topological polar surface area (TPSA) is 26.3 Å². The fourth-order valence-corrected chi connectivity index (χ4v) is 0.856. The Hall–Kier alpha value is -0.370. The first-order valence-corrected chi connectivity index (χ1v) is 2.92. The molecule has 0 aromatic carbocycles. The summed E-state index contributed by atoms with van der Waals surface area (Å²) in [7, 11) is 0. The Morgan fingerprint density at radius 1 is 1.75 bits per heavy atom. The fourth-order valence-electron chi connectivity index (χ4n) is 0.856. The Bertz CT molecular complexity index is 98.7. The Morgan fingerprint density at radius 2 is 2.50 bits per heavy atom. The van der Waals surface area contributed by atoms with Crippen molar-refractivity contribution in [2.24, 2.45) is 0 Å². The standard InChI is InChI=1S/C6H10O2/c1-5-4-6(7)2-3-8-5/h5H,2-4H2,1H3/t5-/m1/s1. The first-order valence-electron chi connectivity index (χ1n) is 2.92. The molecular formula is C6H10O2. The normalized spacial score (nSPS) is 30.6. The predicted molar refractivity (Wildman–Crippen MR) is 29.7 cm³/mol. The lowest BCUT2D eigenvalue weighted by Gasteiger charge is -2.16. The van der Waals surface area contributed by atoms with Crippen LogP contribution in [0.5, 0.6) is 0 Å². The Kier molecular flexibility index (Phi) is 1.63. The second-order valence-corrected chi connectivity index (χ2v) is 2.17. The van der Waals surface area contributed by atoms with Gasteiger partial charge in [-0.1, -0.05) is 0 Å². The Balaban J connectivity index is 2.34.